The minimum Gasteiger partial charge on any atom is -0.138 e. The summed E-state index contributed by atoms with van der Waals surface area (Å²) >= 11 is 0. The highest BCUT2D eigenvalue weighted by molar-refractivity contribution is 7.90. The third kappa shape index (κ3) is 1.85. The van der Waals surface area contributed by atoms with Crippen LogP contribution in [-0.2, 0) is 10.7 Å². The number of hydrogen-bond donors (Lipinski definition) is 0. The summed E-state index contributed by atoms with van der Waals surface area (Å²) in [5.41, 5.74) is 5.27. The Labute approximate surface area is 98.4 Å². The highest BCUT2D eigenvalue weighted by atomic mass is 32.2. The average molecular weight is 233 g/mol. The van der Waals surface area contributed by atoms with Crippen molar-refractivity contribution in [3.05, 3.63) is 39.9 Å². The Morgan fingerprint density at radius 1 is 1.00 bits per heavy atom. The zero-order valence-corrected chi connectivity index (χ0v) is 10.8. The van der Waals surface area contributed by atoms with Crippen LogP contribution in [0.4, 0.5) is 0 Å². The first-order valence-electron chi connectivity index (χ1n) is 5.19. The number of nitrogens with zero attached hydrogens (tertiary/aromatic N) is 3. The molecule has 0 saturated heterocycles. The molecule has 3 nitrogen and oxygen atoms in total. The normalized spacial score (nSPS) is 18.6. The molecule has 1 aromatic carbocycles. The Balaban J connectivity index is 2.69. The van der Waals surface area contributed by atoms with Gasteiger partial charge in [-0.15, -0.1) is 5.11 Å². The van der Waals surface area contributed by atoms with Gasteiger partial charge in [0.15, 0.2) is 0 Å². The van der Waals surface area contributed by atoms with Gasteiger partial charge in [-0.25, -0.2) is 0 Å². The highest BCUT2D eigenvalue weighted by Gasteiger charge is 2.12. The maximum absolute atomic E-state index is 4.20. The van der Waals surface area contributed by atoms with Crippen LogP contribution in [0.25, 0.3) is 0 Å². The standard InChI is InChI=1S/C12H15N3S/c1-8-7-9(2)11(4)12(10(8)3)16-6-5-13-14-15-16/h5-7H,1-4H3. The number of hydrogen-bond acceptors (Lipinski definition) is 3. The van der Waals surface area contributed by atoms with E-state index >= 15 is 0 Å². The largest absolute Gasteiger partial charge is 0.138 e. The van der Waals surface area contributed by atoms with E-state index in [0.717, 1.165) is 0 Å². The average Bonchev–Trinajstić information content (AvgIpc) is 2.28. The Bertz CT molecular complexity index is 501. The predicted molar refractivity (Wildman–Crippen MR) is 67.4 cm³/mol. The second kappa shape index (κ2) is 4.29. The molecule has 1 heterocycles. The Morgan fingerprint density at radius 3 is 2.12 bits per heavy atom. The molecule has 1 aliphatic heterocycles. The highest BCUT2D eigenvalue weighted by Crippen LogP contribution is 2.27. The van der Waals surface area contributed by atoms with E-state index in [1.54, 1.807) is 6.20 Å². The van der Waals surface area contributed by atoms with Crippen LogP contribution >= 0.6 is 0 Å². The molecule has 0 bridgehead atoms. The molecule has 16 heavy (non-hydrogen) atoms. The van der Waals surface area contributed by atoms with Crippen molar-refractivity contribution in [2.75, 3.05) is 0 Å². The van der Waals surface area contributed by atoms with Crippen molar-refractivity contribution >= 4 is 10.7 Å². The maximum atomic E-state index is 4.20. The van der Waals surface area contributed by atoms with Crippen molar-refractivity contribution in [1.29, 1.82) is 0 Å². The van der Waals surface area contributed by atoms with Crippen LogP contribution < -0.4 is 0 Å². The van der Waals surface area contributed by atoms with E-state index in [2.05, 4.69) is 48.6 Å². The van der Waals surface area contributed by atoms with Gasteiger partial charge in [0, 0.05) is 10.3 Å². The van der Waals surface area contributed by atoms with E-state index in [1.807, 2.05) is 5.41 Å². The van der Waals surface area contributed by atoms with Crippen LogP contribution in [0.15, 0.2) is 37.4 Å². The summed E-state index contributed by atoms with van der Waals surface area (Å²) in [5.74, 6) is 0. The molecule has 1 aliphatic rings. The fraction of sp³-hybridized carbons (Fsp3) is 0.333. The molecule has 1 atom stereocenters. The van der Waals surface area contributed by atoms with Gasteiger partial charge in [-0.1, -0.05) is 10.5 Å². The summed E-state index contributed by atoms with van der Waals surface area (Å²) in [6.07, 6.45) is 1.73. The molecule has 4 heteroatoms. The molecule has 0 fully saturated rings. The Hall–Kier alpha value is -1.29. The van der Waals surface area contributed by atoms with Gasteiger partial charge in [0.05, 0.1) is 6.20 Å². The number of benzene rings is 1. The topological polar surface area (TPSA) is 37.1 Å². The van der Waals surface area contributed by atoms with Gasteiger partial charge >= 0.3 is 0 Å². The van der Waals surface area contributed by atoms with E-state index < -0.39 is 0 Å². The van der Waals surface area contributed by atoms with Crippen LogP contribution in [0, 0.1) is 27.7 Å². The molecule has 0 aromatic heterocycles. The van der Waals surface area contributed by atoms with Crippen LogP contribution in [0.1, 0.15) is 22.3 Å². The van der Waals surface area contributed by atoms with Crippen LogP contribution in [0.3, 0.4) is 0 Å². The minimum atomic E-state index is -0.268. The zero-order valence-electron chi connectivity index (χ0n) is 9.98. The molecule has 0 N–H and O–H groups in total. The first-order valence-corrected chi connectivity index (χ1v) is 6.44. The molecule has 84 valence electrons. The molecule has 0 aliphatic carbocycles. The van der Waals surface area contributed by atoms with Gasteiger partial charge in [0.25, 0.3) is 0 Å². The minimum absolute atomic E-state index is 0.268. The summed E-state index contributed by atoms with van der Waals surface area (Å²) in [5, 5.41) is 9.51. The zero-order chi connectivity index (χ0) is 11.7. The van der Waals surface area contributed by atoms with E-state index in [9.17, 15) is 0 Å². The Morgan fingerprint density at radius 2 is 1.62 bits per heavy atom. The van der Waals surface area contributed by atoms with Crippen molar-refractivity contribution in [3.63, 3.8) is 0 Å². The monoisotopic (exact) mass is 233 g/mol. The summed E-state index contributed by atoms with van der Waals surface area (Å²) in [6, 6.07) is 2.23. The van der Waals surface area contributed by atoms with Crippen molar-refractivity contribution in [1.82, 2.24) is 0 Å². The molecule has 1 unspecified atom stereocenters. The van der Waals surface area contributed by atoms with Gasteiger partial charge in [-0.3, -0.25) is 0 Å². The van der Waals surface area contributed by atoms with Crippen molar-refractivity contribution in [3.8, 4) is 0 Å². The summed E-state index contributed by atoms with van der Waals surface area (Å²) in [7, 11) is -0.268. The van der Waals surface area contributed by atoms with Crippen LogP contribution in [-0.4, -0.2) is 0 Å². The lowest BCUT2D eigenvalue weighted by Gasteiger charge is -2.15. The van der Waals surface area contributed by atoms with E-state index in [4.69, 9.17) is 0 Å². The van der Waals surface area contributed by atoms with Gasteiger partial charge in [-0.05, 0) is 65.9 Å². The molecular weight excluding hydrogens is 218 g/mol. The van der Waals surface area contributed by atoms with E-state index in [0.29, 0.717) is 0 Å². The lowest BCUT2D eigenvalue weighted by molar-refractivity contribution is 1.05. The van der Waals surface area contributed by atoms with Crippen LogP contribution in [0.2, 0.25) is 0 Å². The van der Waals surface area contributed by atoms with Gasteiger partial charge in [-0.2, -0.15) is 0 Å². The third-order valence-electron chi connectivity index (χ3n) is 2.94. The summed E-state index contributed by atoms with van der Waals surface area (Å²) < 4.78 is 4.20. The predicted octanol–water partition coefficient (Wildman–Crippen LogP) is 3.93. The second-order valence-electron chi connectivity index (χ2n) is 3.98. The molecule has 0 spiro atoms. The molecule has 0 amide bonds. The molecule has 0 radical (unpaired) electrons. The smallest absolute Gasteiger partial charge is 0.0590 e. The number of rotatable bonds is 1. The van der Waals surface area contributed by atoms with Crippen molar-refractivity contribution in [2.24, 2.45) is 14.8 Å². The van der Waals surface area contributed by atoms with Crippen molar-refractivity contribution < 1.29 is 0 Å². The van der Waals surface area contributed by atoms with Gasteiger partial charge in [0.1, 0.15) is 0 Å². The first kappa shape index (κ1) is 11.2. The fourth-order valence-corrected chi connectivity index (χ4v) is 3.32. The molecule has 1 aromatic rings. The third-order valence-corrected chi connectivity index (χ3v) is 4.60. The SMILES string of the molecule is Cc1cc(C)c(C)c(S2=NN=NC=C2)c1C. The fourth-order valence-electron chi connectivity index (χ4n) is 1.81. The molecule has 2 rings (SSSR count). The van der Waals surface area contributed by atoms with E-state index in [1.165, 1.54) is 27.1 Å². The lowest BCUT2D eigenvalue weighted by atomic mass is 10.0. The van der Waals surface area contributed by atoms with E-state index in [-0.39, 0.29) is 10.7 Å². The number of aryl methyl sites for hydroxylation is 2. The van der Waals surface area contributed by atoms with Crippen LogP contribution in [0.5, 0.6) is 0 Å². The first-order chi connectivity index (χ1) is 7.61. The summed E-state index contributed by atoms with van der Waals surface area (Å²) in [6.45, 7) is 8.59. The molecular formula is C12H15N3S. The summed E-state index contributed by atoms with van der Waals surface area (Å²) in [4.78, 5) is 1.30. The lowest BCUT2D eigenvalue weighted by Crippen LogP contribution is -2.00. The second-order valence-corrected chi connectivity index (χ2v) is 5.45. The Kier molecular flexibility index (Phi) is 3.01. The van der Waals surface area contributed by atoms with Gasteiger partial charge < -0.3 is 0 Å². The maximum Gasteiger partial charge on any atom is 0.0590 e. The van der Waals surface area contributed by atoms with Gasteiger partial charge in [0.2, 0.25) is 0 Å². The molecule has 0 saturated carbocycles. The van der Waals surface area contributed by atoms with Crippen molar-refractivity contribution in [2.45, 2.75) is 32.6 Å². The quantitative estimate of drug-likeness (QED) is 0.704.